The molecule has 0 amide bonds. The minimum atomic E-state index is -4.16. The fourth-order valence-corrected chi connectivity index (χ4v) is 1.64. The van der Waals surface area contributed by atoms with Crippen LogP contribution in [0.2, 0.25) is 0 Å². The molecule has 0 bridgehead atoms. The molecule has 0 aliphatic rings. The minimum Gasteiger partial charge on any atom is -0.399 e. The summed E-state index contributed by atoms with van der Waals surface area (Å²) < 4.78 is 29.7. The largest absolute Gasteiger partial charge is 0.399 e. The van der Waals surface area contributed by atoms with Crippen LogP contribution in [-0.4, -0.2) is 30.0 Å². The molecular weight excluding hydrogens is 294 g/mol. The van der Waals surface area contributed by atoms with Gasteiger partial charge in [0, 0.05) is 5.69 Å². The van der Waals surface area contributed by atoms with Crippen LogP contribution in [0.1, 0.15) is 0 Å². The van der Waals surface area contributed by atoms with Crippen LogP contribution in [0.15, 0.2) is 42.5 Å². The Bertz CT molecular complexity index is 881. The van der Waals surface area contributed by atoms with Gasteiger partial charge >= 0.3 is 10.4 Å². The normalized spacial score (nSPS) is 11.1. The highest BCUT2D eigenvalue weighted by Gasteiger charge is 2.00. The molecule has 21 heavy (non-hydrogen) atoms. The second kappa shape index (κ2) is 6.00. The monoisotopic (exact) mass is 307 g/mol. The smallest absolute Gasteiger partial charge is 0.397 e. The van der Waals surface area contributed by atoms with Crippen molar-refractivity contribution in [2.24, 2.45) is 0 Å². The van der Waals surface area contributed by atoms with Gasteiger partial charge in [-0.05, 0) is 30.3 Å². The number of nitrogens with two attached hydrogens (primary N) is 1. The van der Waals surface area contributed by atoms with Gasteiger partial charge < -0.3 is 5.73 Å². The van der Waals surface area contributed by atoms with Crippen molar-refractivity contribution in [2.45, 2.75) is 0 Å². The van der Waals surface area contributed by atoms with Crippen LogP contribution in [0.25, 0.3) is 22.1 Å². The van der Waals surface area contributed by atoms with Gasteiger partial charge in [-0.15, -0.1) is 0 Å². The van der Waals surface area contributed by atoms with E-state index in [1.165, 1.54) is 0 Å². The lowest BCUT2D eigenvalue weighted by Crippen LogP contribution is -1.96. The number of nitrogens with zero attached hydrogens (tertiary/aromatic N) is 2. The Morgan fingerprint density at radius 2 is 1.48 bits per heavy atom. The van der Waals surface area contributed by atoms with Gasteiger partial charge in [-0.3, -0.25) is 8.74 Å². The quantitative estimate of drug-likeness (QED) is 0.400. The third kappa shape index (κ3) is 4.09. The lowest BCUT2D eigenvalue weighted by Gasteiger charge is -2.00. The number of nitrogen functional groups attached to an aromatic ring is 1. The fourth-order valence-electron chi connectivity index (χ4n) is 1.64. The molecule has 7 nitrogen and oxygen atoms in total. The maximum absolute atomic E-state index is 9.33. The van der Waals surface area contributed by atoms with E-state index < -0.39 is 10.4 Å². The summed E-state index contributed by atoms with van der Waals surface area (Å²) in [4.78, 5) is 9.00. The Morgan fingerprint density at radius 3 is 2.00 bits per heavy atom. The first-order valence-corrected chi connectivity index (χ1v) is 7.20. The average Bonchev–Trinajstić information content (AvgIpc) is 2.45. The Labute approximate surface area is 121 Å². The summed E-state index contributed by atoms with van der Waals surface area (Å²) in [5, 5.41) is 0. The van der Waals surface area contributed by atoms with Gasteiger partial charge in [0.15, 0.2) is 0 Å². The molecule has 0 saturated carbocycles. The van der Waals surface area contributed by atoms with Crippen LogP contribution in [-0.2, 0) is 14.6 Å². The van der Waals surface area contributed by atoms with Crippen LogP contribution in [0.4, 0.5) is 5.69 Å². The number of hydrogen-bond donors (Lipinski definition) is 2. The van der Waals surface area contributed by atoms with Gasteiger partial charge in [0.2, 0.25) is 0 Å². The molecule has 3 N–H and O–H groups in total. The van der Waals surface area contributed by atoms with E-state index in [0.29, 0.717) is 5.69 Å². The van der Waals surface area contributed by atoms with Crippen molar-refractivity contribution in [3.8, 4) is 0 Å². The molecule has 1 heterocycles. The van der Waals surface area contributed by atoms with Crippen molar-refractivity contribution in [2.75, 3.05) is 12.8 Å². The van der Waals surface area contributed by atoms with Crippen LogP contribution in [0.3, 0.4) is 0 Å². The summed E-state index contributed by atoms with van der Waals surface area (Å²) in [7, 11) is -3.29. The van der Waals surface area contributed by atoms with E-state index >= 15 is 0 Å². The van der Waals surface area contributed by atoms with E-state index in [-0.39, 0.29) is 0 Å². The molecule has 0 aliphatic heterocycles. The van der Waals surface area contributed by atoms with E-state index in [1.807, 2.05) is 42.5 Å². The Hall–Kier alpha value is -2.29. The average molecular weight is 307 g/mol. The van der Waals surface area contributed by atoms with Crippen molar-refractivity contribution in [3.63, 3.8) is 0 Å². The highest BCUT2D eigenvalue weighted by molar-refractivity contribution is 7.80. The summed E-state index contributed by atoms with van der Waals surface area (Å²) in [6.07, 6.45) is 0. The zero-order valence-corrected chi connectivity index (χ0v) is 11.9. The maximum Gasteiger partial charge on any atom is 0.397 e. The summed E-state index contributed by atoms with van der Waals surface area (Å²) >= 11 is 0. The van der Waals surface area contributed by atoms with Crippen molar-refractivity contribution in [1.82, 2.24) is 9.97 Å². The van der Waals surface area contributed by atoms with E-state index in [0.717, 1.165) is 29.2 Å². The fraction of sp³-hybridized carbons (Fsp3) is 0.0769. The SMILES string of the molecule is COS(=O)(=O)O.Nc1ccc2nc3ccccc3nc2c1. The van der Waals surface area contributed by atoms with E-state index in [9.17, 15) is 8.42 Å². The molecule has 110 valence electrons. The molecule has 0 fully saturated rings. The first kappa shape index (κ1) is 15.1. The zero-order valence-electron chi connectivity index (χ0n) is 11.1. The second-order valence-corrected chi connectivity index (χ2v) is 5.24. The van der Waals surface area contributed by atoms with Crippen molar-refractivity contribution in [3.05, 3.63) is 42.5 Å². The molecule has 3 rings (SSSR count). The molecule has 2 aromatic carbocycles. The lowest BCUT2D eigenvalue weighted by atomic mass is 10.2. The predicted octanol–water partition coefficient (Wildman–Crippen LogP) is 1.80. The summed E-state index contributed by atoms with van der Waals surface area (Å²) in [6.45, 7) is 0. The molecule has 0 aliphatic carbocycles. The molecule has 8 heteroatoms. The van der Waals surface area contributed by atoms with Crippen molar-refractivity contribution in [1.29, 1.82) is 0 Å². The van der Waals surface area contributed by atoms with Crippen molar-refractivity contribution >= 4 is 38.2 Å². The van der Waals surface area contributed by atoms with Gasteiger partial charge in [0.25, 0.3) is 0 Å². The minimum absolute atomic E-state index is 0.715. The predicted molar refractivity (Wildman–Crippen MR) is 80.0 cm³/mol. The number of fused-ring (bicyclic) bond motifs is 2. The Kier molecular flexibility index (Phi) is 4.32. The van der Waals surface area contributed by atoms with E-state index in [4.69, 9.17) is 10.3 Å². The van der Waals surface area contributed by atoms with Crippen LogP contribution >= 0.6 is 0 Å². The summed E-state index contributed by atoms with van der Waals surface area (Å²) in [6, 6.07) is 13.4. The third-order valence-electron chi connectivity index (χ3n) is 2.57. The number of rotatable bonds is 1. The molecule has 0 saturated heterocycles. The van der Waals surface area contributed by atoms with E-state index in [1.54, 1.807) is 0 Å². The summed E-state index contributed by atoms with van der Waals surface area (Å²) in [5.41, 5.74) is 9.94. The van der Waals surface area contributed by atoms with Gasteiger partial charge in [-0.1, -0.05) is 12.1 Å². The first-order valence-electron chi connectivity index (χ1n) is 5.84. The number of aromatic nitrogens is 2. The zero-order chi connectivity index (χ0) is 15.5. The third-order valence-corrected chi connectivity index (χ3v) is 2.99. The molecule has 0 atom stereocenters. The van der Waals surface area contributed by atoms with Crippen LogP contribution in [0, 0.1) is 0 Å². The Balaban J connectivity index is 0.000000232. The molecule has 1 aromatic heterocycles. The van der Waals surface area contributed by atoms with Gasteiger partial charge in [-0.2, -0.15) is 8.42 Å². The molecule has 0 radical (unpaired) electrons. The highest BCUT2D eigenvalue weighted by Crippen LogP contribution is 2.17. The second-order valence-electron chi connectivity index (χ2n) is 4.05. The van der Waals surface area contributed by atoms with Gasteiger partial charge in [0.05, 0.1) is 29.2 Å². The van der Waals surface area contributed by atoms with Gasteiger partial charge in [-0.25, -0.2) is 9.97 Å². The summed E-state index contributed by atoms with van der Waals surface area (Å²) in [5.74, 6) is 0. The highest BCUT2D eigenvalue weighted by atomic mass is 32.3. The standard InChI is InChI=1S/C12H9N3.CH4O4S/c13-8-5-6-11-12(7-8)15-10-4-2-1-3-9(10)14-11;1-5-6(2,3)4/h1-7H,13H2;1H3,(H,2,3,4). The van der Waals surface area contributed by atoms with E-state index in [2.05, 4.69) is 14.2 Å². The number of benzene rings is 2. The first-order chi connectivity index (χ1) is 9.89. The van der Waals surface area contributed by atoms with Crippen LogP contribution in [0.5, 0.6) is 0 Å². The number of hydrogen-bond acceptors (Lipinski definition) is 6. The lowest BCUT2D eigenvalue weighted by molar-refractivity contribution is 0.324. The Morgan fingerprint density at radius 1 is 1.00 bits per heavy atom. The maximum atomic E-state index is 9.33. The topological polar surface area (TPSA) is 115 Å². The molecule has 0 unspecified atom stereocenters. The van der Waals surface area contributed by atoms with Crippen molar-refractivity contribution < 1.29 is 17.2 Å². The van der Waals surface area contributed by atoms with Crippen LogP contribution < -0.4 is 5.73 Å². The molecular formula is C13H13N3O4S. The number of para-hydroxylation sites is 2. The number of anilines is 1. The molecule has 0 spiro atoms. The molecule has 3 aromatic rings. The van der Waals surface area contributed by atoms with Gasteiger partial charge in [0.1, 0.15) is 0 Å².